The highest BCUT2D eigenvalue weighted by Gasteiger charge is 2.39. The van der Waals surface area contributed by atoms with Gasteiger partial charge in [0.15, 0.2) is 0 Å². The molecule has 1 aliphatic heterocycles. The lowest BCUT2D eigenvalue weighted by Crippen LogP contribution is -2.54. The van der Waals surface area contributed by atoms with Crippen molar-refractivity contribution >= 4 is 5.91 Å². The first-order valence-electron chi connectivity index (χ1n) is 7.03. The van der Waals surface area contributed by atoms with Crippen LogP contribution >= 0.6 is 0 Å². The third-order valence-electron chi connectivity index (χ3n) is 4.46. The number of nitrogens with one attached hydrogen (secondary N) is 1. The molecule has 1 saturated carbocycles. The highest BCUT2D eigenvalue weighted by molar-refractivity contribution is 5.81. The normalized spacial score (nSPS) is 27.6. The molecule has 1 saturated heterocycles. The van der Waals surface area contributed by atoms with Crippen LogP contribution < -0.4 is 11.3 Å². The maximum atomic E-state index is 11.9. The van der Waals surface area contributed by atoms with E-state index in [0.717, 1.165) is 12.5 Å². The zero-order chi connectivity index (χ0) is 13.0. The van der Waals surface area contributed by atoms with E-state index in [1.807, 2.05) is 0 Å². The second-order valence-corrected chi connectivity index (χ2v) is 5.47. The number of likely N-dealkylation sites (tertiary alicyclic amines) is 1. The predicted octanol–water partition coefficient (Wildman–Crippen LogP) is 0.646. The molecule has 104 valence electrons. The molecule has 2 rings (SSSR count). The van der Waals surface area contributed by atoms with E-state index in [9.17, 15) is 4.79 Å². The number of hydrazine groups is 1. The zero-order valence-electron chi connectivity index (χ0n) is 11.2. The van der Waals surface area contributed by atoms with Gasteiger partial charge in [0.1, 0.15) is 6.04 Å². The zero-order valence-corrected chi connectivity index (χ0v) is 11.2. The average molecular weight is 255 g/mol. The van der Waals surface area contributed by atoms with Crippen molar-refractivity contribution in [2.75, 3.05) is 20.3 Å². The van der Waals surface area contributed by atoms with E-state index in [1.165, 1.54) is 38.5 Å². The first kappa shape index (κ1) is 13.8. The van der Waals surface area contributed by atoms with Crippen molar-refractivity contribution in [3.8, 4) is 0 Å². The number of rotatable bonds is 5. The van der Waals surface area contributed by atoms with Crippen molar-refractivity contribution in [3.63, 3.8) is 0 Å². The second-order valence-electron chi connectivity index (χ2n) is 5.47. The molecule has 0 spiro atoms. The molecule has 2 atom stereocenters. The summed E-state index contributed by atoms with van der Waals surface area (Å²) in [5.41, 5.74) is 2.28. The Hall–Kier alpha value is -0.650. The molecular formula is C13H25N3O2. The Balaban J connectivity index is 2.04. The largest absolute Gasteiger partial charge is 0.383 e. The standard InChI is InChI=1S/C13H25N3O2/c1-18-9-12(13(17)15-14)16-8-4-7-11(16)10-5-2-3-6-10/h10-12H,2-9,14H2,1H3,(H,15,17). The molecule has 2 aliphatic rings. The Morgan fingerprint density at radius 1 is 1.39 bits per heavy atom. The third-order valence-corrected chi connectivity index (χ3v) is 4.46. The van der Waals surface area contributed by atoms with Gasteiger partial charge < -0.3 is 4.74 Å². The van der Waals surface area contributed by atoms with Crippen LogP contribution in [0.4, 0.5) is 0 Å². The number of nitrogens with zero attached hydrogens (tertiary/aromatic N) is 1. The van der Waals surface area contributed by atoms with Crippen LogP contribution in [-0.4, -0.2) is 43.2 Å². The third kappa shape index (κ3) is 2.84. The van der Waals surface area contributed by atoms with Gasteiger partial charge in [-0.1, -0.05) is 12.8 Å². The molecule has 0 aromatic heterocycles. The Morgan fingerprint density at radius 2 is 2.11 bits per heavy atom. The maximum absolute atomic E-state index is 11.9. The van der Waals surface area contributed by atoms with E-state index in [0.29, 0.717) is 12.6 Å². The molecular weight excluding hydrogens is 230 g/mol. The van der Waals surface area contributed by atoms with Crippen LogP contribution in [-0.2, 0) is 9.53 Å². The highest BCUT2D eigenvalue weighted by Crippen LogP contribution is 2.36. The van der Waals surface area contributed by atoms with Gasteiger partial charge in [0.2, 0.25) is 0 Å². The lowest BCUT2D eigenvalue weighted by atomic mass is 9.95. The molecule has 0 aromatic rings. The van der Waals surface area contributed by atoms with Gasteiger partial charge in [0.05, 0.1) is 6.61 Å². The number of hydrogen-bond donors (Lipinski definition) is 2. The Kier molecular flexibility index (Phi) is 4.97. The minimum absolute atomic E-state index is 0.123. The fraction of sp³-hybridized carbons (Fsp3) is 0.923. The summed E-state index contributed by atoms with van der Waals surface area (Å²) in [6, 6.07) is 0.318. The first-order valence-corrected chi connectivity index (χ1v) is 7.03. The van der Waals surface area contributed by atoms with E-state index in [4.69, 9.17) is 10.6 Å². The summed E-state index contributed by atoms with van der Waals surface area (Å²) in [7, 11) is 1.64. The van der Waals surface area contributed by atoms with Gasteiger partial charge in [-0.25, -0.2) is 5.84 Å². The summed E-state index contributed by atoms with van der Waals surface area (Å²) < 4.78 is 5.19. The number of ether oxygens (including phenoxy) is 1. The van der Waals surface area contributed by atoms with E-state index < -0.39 is 0 Å². The van der Waals surface area contributed by atoms with Crippen LogP contribution in [0.15, 0.2) is 0 Å². The van der Waals surface area contributed by atoms with Crippen LogP contribution in [0.5, 0.6) is 0 Å². The van der Waals surface area contributed by atoms with Crippen molar-refractivity contribution in [2.45, 2.75) is 50.6 Å². The van der Waals surface area contributed by atoms with Gasteiger partial charge in [-0.3, -0.25) is 15.1 Å². The SMILES string of the molecule is COCC(C(=O)NN)N1CCCC1C1CCCC1. The minimum atomic E-state index is -0.229. The quantitative estimate of drug-likeness (QED) is 0.430. The summed E-state index contributed by atoms with van der Waals surface area (Å²) in [5, 5.41) is 0. The molecule has 2 unspecified atom stereocenters. The van der Waals surface area contributed by atoms with E-state index >= 15 is 0 Å². The average Bonchev–Trinajstić information content (AvgIpc) is 3.04. The molecule has 0 bridgehead atoms. The van der Waals surface area contributed by atoms with Crippen LogP contribution in [0, 0.1) is 5.92 Å². The van der Waals surface area contributed by atoms with Crippen molar-refractivity contribution < 1.29 is 9.53 Å². The predicted molar refractivity (Wildman–Crippen MR) is 69.7 cm³/mol. The lowest BCUT2D eigenvalue weighted by molar-refractivity contribution is -0.129. The van der Waals surface area contributed by atoms with E-state index in [2.05, 4.69) is 10.3 Å². The molecule has 1 heterocycles. The molecule has 5 heteroatoms. The van der Waals surface area contributed by atoms with Gasteiger partial charge in [-0.15, -0.1) is 0 Å². The number of carbonyl (C=O) groups is 1. The first-order chi connectivity index (χ1) is 8.77. The Labute approximate surface area is 109 Å². The number of methoxy groups -OCH3 is 1. The summed E-state index contributed by atoms with van der Waals surface area (Å²) in [4.78, 5) is 14.2. The summed E-state index contributed by atoms with van der Waals surface area (Å²) in [5.74, 6) is 5.93. The molecule has 0 aromatic carbocycles. The molecule has 3 N–H and O–H groups in total. The number of hydrogen-bond acceptors (Lipinski definition) is 4. The number of amides is 1. The number of nitrogens with two attached hydrogens (primary N) is 1. The molecule has 5 nitrogen and oxygen atoms in total. The maximum Gasteiger partial charge on any atom is 0.253 e. The fourth-order valence-corrected chi connectivity index (χ4v) is 3.63. The van der Waals surface area contributed by atoms with E-state index in [1.54, 1.807) is 7.11 Å². The van der Waals surface area contributed by atoms with Crippen LogP contribution in [0.3, 0.4) is 0 Å². The summed E-state index contributed by atoms with van der Waals surface area (Å²) in [6.45, 7) is 1.41. The van der Waals surface area contributed by atoms with E-state index in [-0.39, 0.29) is 11.9 Å². The topological polar surface area (TPSA) is 67.6 Å². The Bertz CT molecular complexity index is 279. The summed E-state index contributed by atoms with van der Waals surface area (Å²) >= 11 is 0. The van der Waals surface area contributed by atoms with Crippen molar-refractivity contribution in [1.82, 2.24) is 10.3 Å². The number of carbonyl (C=O) groups excluding carboxylic acids is 1. The van der Waals surface area contributed by atoms with Gasteiger partial charge in [0.25, 0.3) is 5.91 Å². The van der Waals surface area contributed by atoms with Gasteiger partial charge in [0, 0.05) is 13.2 Å². The lowest BCUT2D eigenvalue weighted by Gasteiger charge is -2.34. The molecule has 18 heavy (non-hydrogen) atoms. The van der Waals surface area contributed by atoms with Crippen LogP contribution in [0.1, 0.15) is 38.5 Å². The van der Waals surface area contributed by atoms with Gasteiger partial charge >= 0.3 is 0 Å². The Morgan fingerprint density at radius 3 is 2.72 bits per heavy atom. The van der Waals surface area contributed by atoms with Crippen LogP contribution in [0.25, 0.3) is 0 Å². The monoisotopic (exact) mass is 255 g/mol. The smallest absolute Gasteiger partial charge is 0.253 e. The van der Waals surface area contributed by atoms with Crippen molar-refractivity contribution in [3.05, 3.63) is 0 Å². The van der Waals surface area contributed by atoms with Gasteiger partial charge in [-0.2, -0.15) is 0 Å². The van der Waals surface area contributed by atoms with Gasteiger partial charge in [-0.05, 0) is 38.1 Å². The molecule has 0 radical (unpaired) electrons. The van der Waals surface area contributed by atoms with Crippen LogP contribution in [0.2, 0.25) is 0 Å². The van der Waals surface area contributed by atoms with Crippen molar-refractivity contribution in [2.24, 2.45) is 11.8 Å². The fourth-order valence-electron chi connectivity index (χ4n) is 3.63. The molecule has 2 fully saturated rings. The van der Waals surface area contributed by atoms with Crippen molar-refractivity contribution in [1.29, 1.82) is 0 Å². The molecule has 1 aliphatic carbocycles. The minimum Gasteiger partial charge on any atom is -0.383 e. The second kappa shape index (κ2) is 6.50. The molecule has 1 amide bonds. The highest BCUT2D eigenvalue weighted by atomic mass is 16.5. The summed E-state index contributed by atoms with van der Waals surface area (Å²) in [6.07, 6.45) is 7.69.